The van der Waals surface area contributed by atoms with Gasteiger partial charge in [-0.1, -0.05) is 53.5 Å². The lowest BCUT2D eigenvalue weighted by molar-refractivity contribution is -0.120. The van der Waals surface area contributed by atoms with Crippen LogP contribution >= 0.6 is 34.5 Å². The van der Waals surface area contributed by atoms with Gasteiger partial charge in [-0.05, 0) is 45.6 Å². The van der Waals surface area contributed by atoms with Crippen molar-refractivity contribution in [1.29, 1.82) is 0 Å². The van der Waals surface area contributed by atoms with Gasteiger partial charge in [0, 0.05) is 6.54 Å². The van der Waals surface area contributed by atoms with Crippen LogP contribution < -0.4 is 10.0 Å². The van der Waals surface area contributed by atoms with Crippen LogP contribution in [-0.2, 0) is 21.4 Å². The fourth-order valence-corrected chi connectivity index (χ4v) is 5.38. The first-order valence-corrected chi connectivity index (χ1v) is 11.4. The summed E-state index contributed by atoms with van der Waals surface area (Å²) in [6.45, 7) is -0.149. The number of carbonyl (C=O) groups excluding carboxylic acids is 1. The molecule has 0 aliphatic rings. The van der Waals surface area contributed by atoms with Gasteiger partial charge in [0.1, 0.15) is 4.90 Å². The summed E-state index contributed by atoms with van der Waals surface area (Å²) in [5.74, 6) is -0.466. The third-order valence-corrected chi connectivity index (χ3v) is 6.97. The number of benzene rings is 2. The molecule has 28 heavy (non-hydrogen) atoms. The second-order valence-corrected chi connectivity index (χ2v) is 9.12. The summed E-state index contributed by atoms with van der Waals surface area (Å²) < 4.78 is 27.0. The number of hydrogen-bond acceptors (Lipinski definition) is 4. The van der Waals surface area contributed by atoms with E-state index in [9.17, 15) is 13.2 Å². The molecule has 1 heterocycles. The number of thiophene rings is 1. The molecule has 5 nitrogen and oxygen atoms in total. The predicted molar refractivity (Wildman–Crippen MR) is 113 cm³/mol. The van der Waals surface area contributed by atoms with Crippen molar-refractivity contribution in [3.05, 3.63) is 74.9 Å². The van der Waals surface area contributed by atoms with Crippen LogP contribution in [0.5, 0.6) is 0 Å². The van der Waals surface area contributed by atoms with Crippen molar-refractivity contribution in [1.82, 2.24) is 10.0 Å². The summed E-state index contributed by atoms with van der Waals surface area (Å²) in [4.78, 5) is 11.9. The van der Waals surface area contributed by atoms with E-state index >= 15 is 0 Å². The smallest absolute Gasteiger partial charge is 0.244 e. The van der Waals surface area contributed by atoms with Gasteiger partial charge in [-0.2, -0.15) is 11.3 Å². The van der Waals surface area contributed by atoms with Gasteiger partial charge in [0.25, 0.3) is 0 Å². The normalized spacial score (nSPS) is 11.4. The van der Waals surface area contributed by atoms with E-state index in [1.165, 1.54) is 12.1 Å². The van der Waals surface area contributed by atoms with Crippen LogP contribution in [0.4, 0.5) is 0 Å². The van der Waals surface area contributed by atoms with Crippen LogP contribution in [0, 0.1) is 0 Å². The maximum Gasteiger partial charge on any atom is 0.244 e. The quantitative estimate of drug-likeness (QED) is 0.558. The zero-order chi connectivity index (χ0) is 20.1. The molecule has 2 aromatic carbocycles. The van der Waals surface area contributed by atoms with E-state index in [2.05, 4.69) is 10.0 Å². The molecular formula is C19H16Cl2N2O3S2. The number of halogens is 2. The first kappa shape index (κ1) is 20.8. The number of sulfonamides is 1. The Balaban J connectivity index is 1.63. The maximum absolute atomic E-state index is 12.4. The molecule has 0 saturated carbocycles. The Hall–Kier alpha value is -1.90. The molecular weight excluding hydrogens is 439 g/mol. The average molecular weight is 455 g/mol. The van der Waals surface area contributed by atoms with E-state index in [-0.39, 0.29) is 21.5 Å². The minimum absolute atomic E-state index is 0.00917. The summed E-state index contributed by atoms with van der Waals surface area (Å²) >= 11 is 13.5. The number of carbonyl (C=O) groups is 1. The molecule has 3 aromatic rings. The highest BCUT2D eigenvalue weighted by atomic mass is 35.5. The van der Waals surface area contributed by atoms with Crippen molar-refractivity contribution in [3.8, 4) is 11.1 Å². The van der Waals surface area contributed by atoms with E-state index in [0.29, 0.717) is 0 Å². The SMILES string of the molecule is O=C(CNS(=O)(=O)c1c(Cl)cccc1Cl)NCc1ccccc1-c1ccsc1. The highest BCUT2D eigenvalue weighted by molar-refractivity contribution is 7.89. The first-order chi connectivity index (χ1) is 13.4. The zero-order valence-electron chi connectivity index (χ0n) is 14.5. The number of nitrogens with one attached hydrogen (secondary N) is 2. The van der Waals surface area contributed by atoms with Gasteiger partial charge in [0.05, 0.1) is 16.6 Å². The second-order valence-electron chi connectivity index (χ2n) is 5.82. The van der Waals surface area contributed by atoms with Gasteiger partial charge in [-0.25, -0.2) is 13.1 Å². The molecule has 0 atom stereocenters. The van der Waals surface area contributed by atoms with Crippen LogP contribution in [0.1, 0.15) is 5.56 Å². The Labute approximate surface area is 177 Å². The van der Waals surface area contributed by atoms with Crippen molar-refractivity contribution < 1.29 is 13.2 Å². The van der Waals surface area contributed by atoms with Crippen LogP contribution in [0.15, 0.2) is 64.2 Å². The van der Waals surface area contributed by atoms with Gasteiger partial charge in [-0.15, -0.1) is 0 Å². The van der Waals surface area contributed by atoms with Crippen molar-refractivity contribution in [3.63, 3.8) is 0 Å². The van der Waals surface area contributed by atoms with E-state index in [0.717, 1.165) is 16.7 Å². The first-order valence-electron chi connectivity index (χ1n) is 8.19. The predicted octanol–water partition coefficient (Wildman–Crippen LogP) is 4.32. The van der Waals surface area contributed by atoms with Gasteiger partial charge in [-0.3, -0.25) is 4.79 Å². The summed E-state index contributed by atoms with van der Waals surface area (Å²) in [6, 6.07) is 14.1. The molecule has 0 bridgehead atoms. The molecule has 0 aliphatic heterocycles. The molecule has 0 fully saturated rings. The highest BCUT2D eigenvalue weighted by Gasteiger charge is 2.22. The van der Waals surface area contributed by atoms with Gasteiger partial charge < -0.3 is 5.32 Å². The third-order valence-electron chi connectivity index (χ3n) is 3.94. The van der Waals surface area contributed by atoms with Crippen molar-refractivity contribution >= 4 is 50.5 Å². The number of hydrogen-bond donors (Lipinski definition) is 2. The Bertz CT molecular complexity index is 1060. The fourth-order valence-electron chi connectivity index (χ4n) is 2.60. The Kier molecular flexibility index (Phi) is 6.74. The van der Waals surface area contributed by atoms with Crippen molar-refractivity contribution in [2.75, 3.05) is 6.54 Å². The molecule has 0 radical (unpaired) electrons. The van der Waals surface area contributed by atoms with Crippen molar-refractivity contribution in [2.45, 2.75) is 11.4 Å². The summed E-state index contributed by atoms with van der Waals surface area (Å²) in [7, 11) is -4.02. The number of amides is 1. The Morgan fingerprint density at radius 1 is 1.00 bits per heavy atom. The van der Waals surface area contributed by atoms with Crippen molar-refractivity contribution in [2.24, 2.45) is 0 Å². The Morgan fingerprint density at radius 3 is 2.39 bits per heavy atom. The second kappa shape index (κ2) is 9.07. The molecule has 0 spiro atoms. The molecule has 0 saturated heterocycles. The standard InChI is InChI=1S/C19H16Cl2N2O3S2/c20-16-6-3-7-17(21)19(16)28(25,26)23-11-18(24)22-10-13-4-1-2-5-15(13)14-8-9-27-12-14/h1-9,12,23H,10-11H2,(H,22,24). The summed E-state index contributed by atoms with van der Waals surface area (Å²) in [5, 5.41) is 6.72. The molecule has 0 aliphatic carbocycles. The van der Waals surface area contributed by atoms with E-state index in [1.807, 2.05) is 41.1 Å². The van der Waals surface area contributed by atoms with Crippen LogP contribution in [0.3, 0.4) is 0 Å². The maximum atomic E-state index is 12.4. The molecule has 1 amide bonds. The fraction of sp³-hybridized carbons (Fsp3) is 0.105. The van der Waals surface area contributed by atoms with Crippen LogP contribution in [0.2, 0.25) is 10.0 Å². The minimum Gasteiger partial charge on any atom is -0.351 e. The van der Waals surface area contributed by atoms with E-state index < -0.39 is 22.5 Å². The zero-order valence-corrected chi connectivity index (χ0v) is 17.6. The Morgan fingerprint density at radius 2 is 1.71 bits per heavy atom. The topological polar surface area (TPSA) is 75.3 Å². The average Bonchev–Trinajstić information content (AvgIpc) is 3.19. The molecule has 1 aromatic heterocycles. The van der Waals surface area contributed by atoms with Gasteiger partial charge >= 0.3 is 0 Å². The van der Waals surface area contributed by atoms with E-state index in [1.54, 1.807) is 17.4 Å². The number of rotatable bonds is 7. The van der Waals surface area contributed by atoms with Crippen LogP contribution in [-0.4, -0.2) is 20.9 Å². The molecule has 0 unspecified atom stereocenters. The summed E-state index contributed by atoms with van der Waals surface area (Å²) in [6.07, 6.45) is 0. The molecule has 146 valence electrons. The highest BCUT2D eigenvalue weighted by Crippen LogP contribution is 2.28. The lowest BCUT2D eigenvalue weighted by atomic mass is 10.0. The lowest BCUT2D eigenvalue weighted by Crippen LogP contribution is -2.36. The molecule has 2 N–H and O–H groups in total. The van der Waals surface area contributed by atoms with E-state index in [4.69, 9.17) is 23.2 Å². The largest absolute Gasteiger partial charge is 0.351 e. The van der Waals surface area contributed by atoms with Gasteiger partial charge in [0.2, 0.25) is 15.9 Å². The third kappa shape index (κ3) is 4.92. The lowest BCUT2D eigenvalue weighted by Gasteiger charge is -2.12. The minimum atomic E-state index is -4.02. The summed E-state index contributed by atoms with van der Waals surface area (Å²) in [5.41, 5.74) is 3.03. The van der Waals surface area contributed by atoms with Gasteiger partial charge in [0.15, 0.2) is 0 Å². The van der Waals surface area contributed by atoms with Crippen LogP contribution in [0.25, 0.3) is 11.1 Å². The monoisotopic (exact) mass is 454 g/mol. The molecule has 9 heteroatoms. The molecule has 3 rings (SSSR count).